The van der Waals surface area contributed by atoms with Crippen LogP contribution in [0, 0.1) is 17.2 Å². The van der Waals surface area contributed by atoms with Gasteiger partial charge in [0.1, 0.15) is 6.07 Å². The average molecular weight is 458 g/mol. The zero-order chi connectivity index (χ0) is 23.6. The summed E-state index contributed by atoms with van der Waals surface area (Å²) in [5, 5.41) is 12.4. The summed E-state index contributed by atoms with van der Waals surface area (Å²) in [6.07, 6.45) is -4.23. The summed E-state index contributed by atoms with van der Waals surface area (Å²) in [4.78, 5) is 17.2. The monoisotopic (exact) mass is 458 g/mol. The van der Waals surface area contributed by atoms with Gasteiger partial charge in [-0.15, -0.1) is 0 Å². The number of fused-ring (bicyclic) bond motifs is 3. The van der Waals surface area contributed by atoms with Gasteiger partial charge in [0.05, 0.1) is 35.4 Å². The number of nitriles is 1. The molecule has 2 atom stereocenters. The minimum atomic E-state index is -4.44. The van der Waals surface area contributed by atoms with Crippen molar-refractivity contribution in [1.29, 1.82) is 5.26 Å². The van der Waals surface area contributed by atoms with Crippen LogP contribution in [-0.2, 0) is 22.1 Å². The van der Waals surface area contributed by atoms with Gasteiger partial charge in [-0.3, -0.25) is 4.79 Å². The lowest BCUT2D eigenvalue weighted by atomic mass is 9.82. The highest BCUT2D eigenvalue weighted by atomic mass is 19.4. The van der Waals surface area contributed by atoms with Crippen molar-refractivity contribution in [3.05, 3.63) is 59.2 Å². The number of benzene rings is 2. The third-order valence-corrected chi connectivity index (χ3v) is 6.35. The molecule has 2 aromatic carbocycles. The van der Waals surface area contributed by atoms with Crippen LogP contribution in [0.2, 0.25) is 0 Å². The quantitative estimate of drug-likeness (QED) is 0.697. The fourth-order valence-corrected chi connectivity index (χ4v) is 4.77. The molecule has 9 heteroatoms. The molecule has 1 saturated heterocycles. The van der Waals surface area contributed by atoms with Crippen molar-refractivity contribution in [2.45, 2.75) is 18.6 Å². The third kappa shape index (κ3) is 4.62. The zero-order valence-electron chi connectivity index (χ0n) is 18.2. The van der Waals surface area contributed by atoms with Crippen molar-refractivity contribution in [2.75, 3.05) is 49.7 Å². The molecule has 2 aliphatic heterocycles. The Hall–Kier alpha value is -3.25. The van der Waals surface area contributed by atoms with Gasteiger partial charge in [0.15, 0.2) is 0 Å². The molecule has 0 saturated carbocycles. The van der Waals surface area contributed by atoms with E-state index in [0.717, 1.165) is 17.4 Å². The standard InChI is InChI=1S/C24H25F3N4O2/c1-33-11-8-29-23(32)19-13-17-12-18(24(25,26)27)6-7-21(17)31-10-9-30(15-22(19)31)20-5-3-2-4-16(20)14-28/h2-7,12,19,22H,8-11,13,15H2,1H3,(H,29,32)/t19-,22-/m0/s1. The first-order chi connectivity index (χ1) is 15.8. The highest BCUT2D eigenvalue weighted by molar-refractivity contribution is 5.82. The summed E-state index contributed by atoms with van der Waals surface area (Å²) in [6, 6.07) is 13.1. The Balaban J connectivity index is 1.67. The Morgan fingerprint density at radius 2 is 2.00 bits per heavy atom. The number of amides is 1. The normalized spacial score (nSPS) is 20.0. The van der Waals surface area contributed by atoms with E-state index in [1.807, 2.05) is 17.0 Å². The minimum absolute atomic E-state index is 0.208. The number of alkyl halides is 3. The molecule has 0 aliphatic carbocycles. The van der Waals surface area contributed by atoms with E-state index in [-0.39, 0.29) is 18.4 Å². The van der Waals surface area contributed by atoms with Crippen LogP contribution in [-0.4, -0.2) is 51.8 Å². The van der Waals surface area contributed by atoms with Crippen LogP contribution in [0.25, 0.3) is 0 Å². The van der Waals surface area contributed by atoms with Crippen molar-refractivity contribution in [3.8, 4) is 6.07 Å². The highest BCUT2D eigenvalue weighted by Gasteiger charge is 2.43. The number of hydrogen-bond donors (Lipinski definition) is 1. The lowest BCUT2D eigenvalue weighted by Gasteiger charge is -2.49. The van der Waals surface area contributed by atoms with E-state index in [1.54, 1.807) is 12.1 Å². The molecule has 0 aromatic heterocycles. The average Bonchev–Trinajstić information content (AvgIpc) is 2.82. The SMILES string of the molecule is COCCNC(=O)[C@H]1Cc2cc(C(F)(F)F)ccc2N2CCN(c3ccccc3C#N)C[C@@H]12. The summed E-state index contributed by atoms with van der Waals surface area (Å²) < 4.78 is 45.0. The van der Waals surface area contributed by atoms with Crippen molar-refractivity contribution in [2.24, 2.45) is 5.92 Å². The maximum atomic E-state index is 13.3. The van der Waals surface area contributed by atoms with Gasteiger partial charge >= 0.3 is 6.18 Å². The van der Waals surface area contributed by atoms with E-state index < -0.39 is 17.7 Å². The van der Waals surface area contributed by atoms with Crippen LogP contribution < -0.4 is 15.1 Å². The summed E-state index contributed by atoms with van der Waals surface area (Å²) in [6.45, 7) is 2.29. The lowest BCUT2D eigenvalue weighted by molar-refractivity contribution is -0.137. The van der Waals surface area contributed by atoms with Gasteiger partial charge in [-0.2, -0.15) is 18.4 Å². The minimum Gasteiger partial charge on any atom is -0.383 e. The number of rotatable bonds is 5. The molecule has 2 aliphatic rings. The van der Waals surface area contributed by atoms with Crippen molar-refractivity contribution in [1.82, 2.24) is 5.32 Å². The molecule has 1 amide bonds. The third-order valence-electron chi connectivity index (χ3n) is 6.35. The number of anilines is 2. The van der Waals surface area contributed by atoms with E-state index in [1.165, 1.54) is 19.2 Å². The molecule has 6 nitrogen and oxygen atoms in total. The Morgan fingerprint density at radius 3 is 2.73 bits per heavy atom. The molecule has 2 heterocycles. The molecule has 4 rings (SSSR count). The Bertz CT molecular complexity index is 1070. The zero-order valence-corrected chi connectivity index (χ0v) is 18.2. The van der Waals surface area contributed by atoms with Gasteiger partial charge in [0.2, 0.25) is 5.91 Å². The Labute approximate surface area is 190 Å². The second-order valence-electron chi connectivity index (χ2n) is 8.27. The molecule has 0 unspecified atom stereocenters. The molecule has 174 valence electrons. The van der Waals surface area contributed by atoms with Crippen LogP contribution >= 0.6 is 0 Å². The van der Waals surface area contributed by atoms with Crippen LogP contribution in [0.5, 0.6) is 0 Å². The molecular formula is C24H25F3N4O2. The number of para-hydroxylation sites is 1. The molecule has 2 aromatic rings. The number of carbonyl (C=O) groups excluding carboxylic acids is 1. The maximum absolute atomic E-state index is 13.3. The number of nitrogens with zero attached hydrogens (tertiary/aromatic N) is 3. The Kier molecular flexibility index (Phi) is 6.47. The molecule has 0 bridgehead atoms. The summed E-state index contributed by atoms with van der Waals surface area (Å²) in [5.41, 5.74) is 1.91. The van der Waals surface area contributed by atoms with Gasteiger partial charge in [-0.05, 0) is 42.3 Å². The van der Waals surface area contributed by atoms with E-state index in [0.29, 0.717) is 43.9 Å². The molecule has 1 fully saturated rings. The van der Waals surface area contributed by atoms with E-state index in [4.69, 9.17) is 4.74 Å². The molecule has 1 N–H and O–H groups in total. The lowest BCUT2D eigenvalue weighted by Crippen LogP contribution is -2.61. The first-order valence-electron chi connectivity index (χ1n) is 10.8. The predicted octanol–water partition coefficient (Wildman–Crippen LogP) is 3.21. The largest absolute Gasteiger partial charge is 0.416 e. The summed E-state index contributed by atoms with van der Waals surface area (Å²) in [5.74, 6) is -0.740. The van der Waals surface area contributed by atoms with Gasteiger partial charge in [0.25, 0.3) is 0 Å². The van der Waals surface area contributed by atoms with Crippen molar-refractivity contribution in [3.63, 3.8) is 0 Å². The number of nitrogens with one attached hydrogen (secondary N) is 1. The van der Waals surface area contributed by atoms with E-state index in [9.17, 15) is 23.2 Å². The van der Waals surface area contributed by atoms with Crippen LogP contribution in [0.3, 0.4) is 0 Å². The van der Waals surface area contributed by atoms with Crippen LogP contribution in [0.15, 0.2) is 42.5 Å². The number of halogens is 3. The number of ether oxygens (including phenoxy) is 1. The predicted molar refractivity (Wildman–Crippen MR) is 118 cm³/mol. The Morgan fingerprint density at radius 1 is 1.21 bits per heavy atom. The smallest absolute Gasteiger partial charge is 0.383 e. The van der Waals surface area contributed by atoms with Crippen molar-refractivity contribution >= 4 is 17.3 Å². The second-order valence-corrected chi connectivity index (χ2v) is 8.27. The van der Waals surface area contributed by atoms with Gasteiger partial charge in [-0.1, -0.05) is 12.1 Å². The second kappa shape index (κ2) is 9.32. The molecule has 0 spiro atoms. The number of hydrogen-bond acceptors (Lipinski definition) is 5. The van der Waals surface area contributed by atoms with E-state index >= 15 is 0 Å². The van der Waals surface area contributed by atoms with Gasteiger partial charge in [0, 0.05) is 39.0 Å². The molecular weight excluding hydrogens is 433 g/mol. The van der Waals surface area contributed by atoms with Crippen LogP contribution in [0.4, 0.5) is 24.5 Å². The fraction of sp³-hybridized carbons (Fsp3) is 0.417. The van der Waals surface area contributed by atoms with E-state index in [2.05, 4.69) is 16.3 Å². The fourth-order valence-electron chi connectivity index (χ4n) is 4.77. The van der Waals surface area contributed by atoms with Gasteiger partial charge in [-0.25, -0.2) is 0 Å². The van der Waals surface area contributed by atoms with Gasteiger partial charge < -0.3 is 19.9 Å². The van der Waals surface area contributed by atoms with Crippen molar-refractivity contribution < 1.29 is 22.7 Å². The summed E-state index contributed by atoms with van der Waals surface area (Å²) in [7, 11) is 1.54. The number of methoxy groups -OCH3 is 1. The topological polar surface area (TPSA) is 68.6 Å². The first kappa shape index (κ1) is 22.9. The first-order valence-corrected chi connectivity index (χ1v) is 10.8. The number of carbonyl (C=O) groups is 1. The molecule has 0 radical (unpaired) electrons. The number of piperazine rings is 1. The highest BCUT2D eigenvalue weighted by Crippen LogP contribution is 2.40. The molecule has 33 heavy (non-hydrogen) atoms. The van der Waals surface area contributed by atoms with Crippen LogP contribution in [0.1, 0.15) is 16.7 Å². The maximum Gasteiger partial charge on any atom is 0.416 e. The summed E-state index contributed by atoms with van der Waals surface area (Å²) >= 11 is 0.